The van der Waals surface area contributed by atoms with Gasteiger partial charge in [0.2, 0.25) is 0 Å². The van der Waals surface area contributed by atoms with Crippen LogP contribution in [0.5, 0.6) is 0 Å². The molecule has 3 nitrogen and oxygen atoms in total. The first-order chi connectivity index (χ1) is 6.58. The van der Waals surface area contributed by atoms with E-state index in [1.54, 1.807) is 6.21 Å². The lowest BCUT2D eigenvalue weighted by molar-refractivity contribution is -0.544. The minimum absolute atomic E-state index is 0.470. The van der Waals surface area contributed by atoms with Gasteiger partial charge >= 0.3 is 0 Å². The summed E-state index contributed by atoms with van der Waals surface area (Å²) in [4.78, 5) is 0. The molecule has 1 aromatic rings. The van der Waals surface area contributed by atoms with Gasteiger partial charge in [0.25, 0.3) is 6.23 Å². The standard InChI is InChI=1S/C11H13NO2/c1-11(2)8-12(13)10(14-11)9-6-4-3-5-7-9/h3-8,10H,1-2H3. The minimum atomic E-state index is -0.494. The summed E-state index contributed by atoms with van der Waals surface area (Å²) in [7, 11) is 0. The van der Waals surface area contributed by atoms with Gasteiger partial charge in [-0.1, -0.05) is 18.2 Å². The lowest BCUT2D eigenvalue weighted by atomic mass is 10.2. The molecule has 0 saturated heterocycles. The van der Waals surface area contributed by atoms with E-state index < -0.39 is 11.8 Å². The summed E-state index contributed by atoms with van der Waals surface area (Å²) in [5, 5.41) is 11.5. The molecule has 0 aliphatic carbocycles. The molecule has 14 heavy (non-hydrogen) atoms. The molecule has 0 fully saturated rings. The molecule has 0 spiro atoms. The highest BCUT2D eigenvalue weighted by atomic mass is 16.6. The van der Waals surface area contributed by atoms with Gasteiger partial charge in [0.15, 0.2) is 6.21 Å². The Balaban J connectivity index is 2.28. The van der Waals surface area contributed by atoms with E-state index in [2.05, 4.69) is 0 Å². The quantitative estimate of drug-likeness (QED) is 0.503. The fraction of sp³-hybridized carbons (Fsp3) is 0.364. The number of hydrogen-bond donors (Lipinski definition) is 0. The lowest BCUT2D eigenvalue weighted by Crippen LogP contribution is -2.21. The van der Waals surface area contributed by atoms with Crippen molar-refractivity contribution < 1.29 is 9.48 Å². The normalized spacial score (nSPS) is 24.7. The van der Waals surface area contributed by atoms with Crippen LogP contribution in [0.2, 0.25) is 0 Å². The van der Waals surface area contributed by atoms with Crippen molar-refractivity contribution in [3.63, 3.8) is 0 Å². The van der Waals surface area contributed by atoms with Gasteiger partial charge in [-0.25, -0.2) is 0 Å². The third-order valence-electron chi connectivity index (χ3n) is 2.17. The zero-order chi connectivity index (χ0) is 10.2. The zero-order valence-corrected chi connectivity index (χ0v) is 8.31. The van der Waals surface area contributed by atoms with Crippen LogP contribution in [0.4, 0.5) is 0 Å². The fourth-order valence-electron chi connectivity index (χ4n) is 1.58. The summed E-state index contributed by atoms with van der Waals surface area (Å²) in [6.45, 7) is 3.75. The highest BCUT2D eigenvalue weighted by Gasteiger charge is 2.37. The van der Waals surface area contributed by atoms with Gasteiger partial charge in [0.05, 0.1) is 5.56 Å². The van der Waals surface area contributed by atoms with Gasteiger partial charge < -0.3 is 5.21 Å². The van der Waals surface area contributed by atoms with Crippen LogP contribution in [-0.4, -0.2) is 16.6 Å². The van der Waals surface area contributed by atoms with Crippen LogP contribution >= 0.6 is 0 Å². The van der Waals surface area contributed by atoms with Crippen LogP contribution in [0.3, 0.4) is 0 Å². The van der Waals surface area contributed by atoms with Crippen LogP contribution in [0.1, 0.15) is 25.6 Å². The molecular formula is C11H13NO2. The van der Waals surface area contributed by atoms with E-state index in [-0.39, 0.29) is 0 Å². The van der Waals surface area contributed by atoms with E-state index in [0.29, 0.717) is 0 Å². The third kappa shape index (κ3) is 1.63. The first-order valence-electron chi connectivity index (χ1n) is 4.63. The van der Waals surface area contributed by atoms with Crippen molar-refractivity contribution in [2.45, 2.75) is 25.7 Å². The van der Waals surface area contributed by atoms with Gasteiger partial charge in [0.1, 0.15) is 5.60 Å². The average Bonchev–Trinajstić information content (AvgIpc) is 2.41. The summed E-state index contributed by atoms with van der Waals surface area (Å²) in [5.74, 6) is 0. The van der Waals surface area contributed by atoms with Crippen molar-refractivity contribution in [2.75, 3.05) is 0 Å². The molecule has 0 radical (unpaired) electrons. The first kappa shape index (κ1) is 9.21. The molecule has 3 heteroatoms. The average molecular weight is 191 g/mol. The van der Waals surface area contributed by atoms with Crippen LogP contribution < -0.4 is 0 Å². The van der Waals surface area contributed by atoms with Crippen molar-refractivity contribution >= 4 is 6.21 Å². The number of hydroxylamine groups is 1. The van der Waals surface area contributed by atoms with Gasteiger partial charge in [0, 0.05) is 0 Å². The molecular weight excluding hydrogens is 178 g/mol. The van der Waals surface area contributed by atoms with E-state index in [4.69, 9.17) is 4.74 Å². The second-order valence-electron chi connectivity index (χ2n) is 3.97. The fourth-order valence-corrected chi connectivity index (χ4v) is 1.58. The predicted octanol–water partition coefficient (Wildman–Crippen LogP) is 2.08. The highest BCUT2D eigenvalue weighted by Crippen LogP contribution is 2.28. The second-order valence-corrected chi connectivity index (χ2v) is 3.97. The minimum Gasteiger partial charge on any atom is -0.622 e. The predicted molar refractivity (Wildman–Crippen MR) is 54.0 cm³/mol. The monoisotopic (exact) mass is 191 g/mol. The van der Waals surface area contributed by atoms with Crippen LogP contribution in [0.25, 0.3) is 0 Å². The van der Waals surface area contributed by atoms with E-state index in [9.17, 15) is 5.21 Å². The number of hydrogen-bond acceptors (Lipinski definition) is 2. The van der Waals surface area contributed by atoms with E-state index in [1.807, 2.05) is 44.2 Å². The molecule has 1 unspecified atom stereocenters. The summed E-state index contributed by atoms with van der Waals surface area (Å²) in [6, 6.07) is 9.51. The molecule has 1 atom stereocenters. The summed E-state index contributed by atoms with van der Waals surface area (Å²) < 4.78 is 6.48. The third-order valence-corrected chi connectivity index (χ3v) is 2.17. The van der Waals surface area contributed by atoms with Gasteiger partial charge in [-0.15, -0.1) is 0 Å². The van der Waals surface area contributed by atoms with Crippen molar-refractivity contribution in [3.8, 4) is 0 Å². The Morgan fingerprint density at radius 1 is 1.29 bits per heavy atom. The number of nitrogens with zero attached hydrogens (tertiary/aromatic N) is 1. The van der Waals surface area contributed by atoms with Crippen LogP contribution in [-0.2, 0) is 4.74 Å². The molecule has 0 N–H and O–H groups in total. The maximum absolute atomic E-state index is 11.5. The molecule has 0 aromatic heterocycles. The second kappa shape index (κ2) is 3.10. The number of ether oxygens (including phenoxy) is 1. The van der Waals surface area contributed by atoms with Crippen LogP contribution in [0.15, 0.2) is 30.3 Å². The Morgan fingerprint density at radius 3 is 2.43 bits per heavy atom. The first-order valence-corrected chi connectivity index (χ1v) is 4.63. The Bertz CT molecular complexity index is 357. The summed E-state index contributed by atoms with van der Waals surface area (Å²) in [6.07, 6.45) is 1.07. The maximum Gasteiger partial charge on any atom is 0.295 e. The van der Waals surface area contributed by atoms with Gasteiger partial charge in [-0.05, 0) is 26.0 Å². The Labute approximate surface area is 83.2 Å². The lowest BCUT2D eigenvalue weighted by Gasteiger charge is -2.14. The number of rotatable bonds is 1. The SMILES string of the molecule is CC1(C)C=[N+]([O-])C(c2ccccc2)O1. The zero-order valence-electron chi connectivity index (χ0n) is 8.31. The Morgan fingerprint density at radius 2 is 1.93 bits per heavy atom. The Hall–Kier alpha value is -1.35. The number of benzene rings is 1. The van der Waals surface area contributed by atoms with E-state index in [1.165, 1.54) is 0 Å². The highest BCUT2D eigenvalue weighted by molar-refractivity contribution is 5.63. The molecule has 2 rings (SSSR count). The summed E-state index contributed by atoms with van der Waals surface area (Å²) >= 11 is 0. The van der Waals surface area contributed by atoms with Crippen molar-refractivity contribution in [1.29, 1.82) is 0 Å². The molecule has 0 amide bonds. The molecule has 1 aliphatic rings. The maximum atomic E-state index is 11.5. The molecule has 74 valence electrons. The van der Waals surface area contributed by atoms with Crippen LogP contribution in [0, 0.1) is 5.21 Å². The van der Waals surface area contributed by atoms with Gasteiger partial charge in [-0.2, -0.15) is 4.74 Å². The largest absolute Gasteiger partial charge is 0.622 e. The van der Waals surface area contributed by atoms with Crippen molar-refractivity contribution in [2.24, 2.45) is 0 Å². The van der Waals surface area contributed by atoms with E-state index in [0.717, 1.165) is 10.3 Å². The topological polar surface area (TPSA) is 35.3 Å². The van der Waals surface area contributed by atoms with Gasteiger partial charge in [-0.3, -0.25) is 4.74 Å². The molecule has 0 saturated carbocycles. The molecule has 1 aromatic carbocycles. The smallest absolute Gasteiger partial charge is 0.295 e. The summed E-state index contributed by atoms with van der Waals surface area (Å²) in [5.41, 5.74) is 0.423. The van der Waals surface area contributed by atoms with E-state index >= 15 is 0 Å². The molecule has 0 bridgehead atoms. The molecule has 1 aliphatic heterocycles. The van der Waals surface area contributed by atoms with Crippen molar-refractivity contribution in [1.82, 2.24) is 0 Å². The van der Waals surface area contributed by atoms with Crippen molar-refractivity contribution in [3.05, 3.63) is 41.1 Å². The molecule has 1 heterocycles. The Kier molecular flexibility index (Phi) is 2.04.